The van der Waals surface area contributed by atoms with Crippen molar-refractivity contribution < 1.29 is 5.21 Å². The van der Waals surface area contributed by atoms with Crippen LogP contribution in [0.1, 0.15) is 50.6 Å². The van der Waals surface area contributed by atoms with Crippen LogP contribution in [0.2, 0.25) is 0 Å². The zero-order valence-electron chi connectivity index (χ0n) is 14.5. The third-order valence-corrected chi connectivity index (χ3v) is 4.99. The van der Waals surface area contributed by atoms with E-state index >= 15 is 0 Å². The van der Waals surface area contributed by atoms with Crippen LogP contribution in [0, 0.1) is 5.41 Å². The second kappa shape index (κ2) is 5.33. The molecule has 1 aliphatic carbocycles. The van der Waals surface area contributed by atoms with Crippen molar-refractivity contribution in [1.82, 2.24) is 9.97 Å². The molecule has 24 heavy (non-hydrogen) atoms. The van der Waals surface area contributed by atoms with E-state index in [0.29, 0.717) is 0 Å². The number of benzene rings is 1. The Morgan fingerprint density at radius 1 is 1.25 bits per heavy atom. The summed E-state index contributed by atoms with van der Waals surface area (Å²) in [6.45, 7) is 6.60. The van der Waals surface area contributed by atoms with Gasteiger partial charge in [0, 0.05) is 21.9 Å². The number of rotatable bonds is 2. The number of aryl methyl sites for hydroxylation is 1. The molecule has 4 rings (SSSR count). The topological polar surface area (TPSA) is 61.3 Å². The largest absolute Gasteiger partial charge is 0.411 e. The number of hydrogen-bond acceptors (Lipinski definition) is 3. The van der Waals surface area contributed by atoms with Gasteiger partial charge >= 0.3 is 0 Å². The van der Waals surface area contributed by atoms with Crippen LogP contribution in [-0.2, 0) is 12.8 Å². The van der Waals surface area contributed by atoms with E-state index in [-0.39, 0.29) is 5.41 Å². The van der Waals surface area contributed by atoms with Crippen LogP contribution >= 0.6 is 0 Å². The van der Waals surface area contributed by atoms with E-state index in [1.807, 2.05) is 6.07 Å². The number of aromatic nitrogens is 2. The minimum Gasteiger partial charge on any atom is -0.411 e. The van der Waals surface area contributed by atoms with Crippen LogP contribution in [0.15, 0.2) is 29.4 Å². The number of hydrogen-bond donors (Lipinski definition) is 2. The van der Waals surface area contributed by atoms with Crippen LogP contribution < -0.4 is 0 Å². The van der Waals surface area contributed by atoms with E-state index in [1.54, 1.807) is 0 Å². The molecule has 2 N–H and O–H groups in total. The smallest absolute Gasteiger partial charge is 0.0898 e. The van der Waals surface area contributed by atoms with Gasteiger partial charge in [0.05, 0.1) is 22.6 Å². The fraction of sp³-hybridized carbons (Fsp3) is 0.400. The minimum atomic E-state index is 0.0604. The Kier molecular flexibility index (Phi) is 3.37. The van der Waals surface area contributed by atoms with Gasteiger partial charge in [-0.05, 0) is 30.7 Å². The van der Waals surface area contributed by atoms with E-state index < -0.39 is 0 Å². The van der Waals surface area contributed by atoms with Gasteiger partial charge in [-0.1, -0.05) is 50.5 Å². The number of nitrogens with zero attached hydrogens (tertiary/aromatic N) is 2. The summed E-state index contributed by atoms with van der Waals surface area (Å²) in [5, 5.41) is 15.7. The molecule has 2 aromatic heterocycles. The van der Waals surface area contributed by atoms with Gasteiger partial charge in [-0.2, -0.15) is 0 Å². The number of aromatic amines is 1. The lowest BCUT2D eigenvalue weighted by Gasteiger charge is -2.31. The second-order valence-corrected chi connectivity index (χ2v) is 7.62. The molecule has 0 saturated carbocycles. The first-order valence-corrected chi connectivity index (χ1v) is 8.67. The van der Waals surface area contributed by atoms with E-state index in [1.165, 1.54) is 10.8 Å². The van der Waals surface area contributed by atoms with Crippen molar-refractivity contribution in [3.05, 3.63) is 41.2 Å². The number of nitrogens with one attached hydrogen (secondary N) is 1. The highest BCUT2D eigenvalue weighted by Gasteiger charge is 2.34. The van der Waals surface area contributed by atoms with Gasteiger partial charge < -0.3 is 10.2 Å². The van der Waals surface area contributed by atoms with Gasteiger partial charge in [0.15, 0.2) is 0 Å². The quantitative estimate of drug-likeness (QED) is 0.525. The normalized spacial score (nSPS) is 18.4. The molecule has 1 aliphatic rings. The molecule has 2 heterocycles. The third kappa shape index (κ3) is 2.20. The molecule has 0 aliphatic heterocycles. The lowest BCUT2D eigenvalue weighted by atomic mass is 9.74. The van der Waals surface area contributed by atoms with Gasteiger partial charge in [0.25, 0.3) is 0 Å². The molecule has 0 atom stereocenters. The third-order valence-electron chi connectivity index (χ3n) is 4.99. The fourth-order valence-corrected chi connectivity index (χ4v) is 4.04. The van der Waals surface area contributed by atoms with Crippen molar-refractivity contribution >= 4 is 27.5 Å². The van der Waals surface area contributed by atoms with Gasteiger partial charge in [-0.3, -0.25) is 4.98 Å². The summed E-state index contributed by atoms with van der Waals surface area (Å²) in [5.41, 5.74) is 6.25. The lowest BCUT2D eigenvalue weighted by Crippen LogP contribution is -2.29. The number of para-hydroxylation sites is 1. The van der Waals surface area contributed by atoms with E-state index in [9.17, 15) is 5.21 Å². The maximum Gasteiger partial charge on any atom is 0.0898 e. The SMILES string of the molecule is CCCc1nc2c(c3c1[nH]c1ccccc13)C(=NO)CC(C)(C)C2. The predicted octanol–water partition coefficient (Wildman–Crippen LogP) is 4.82. The maximum absolute atomic E-state index is 9.66. The maximum atomic E-state index is 9.66. The number of pyridine rings is 1. The van der Waals surface area contributed by atoms with Gasteiger partial charge in [-0.15, -0.1) is 0 Å². The standard InChI is InChI=1S/C20H23N3O/c1-4-7-14-19-17(12-8-5-6-9-13(12)22-19)18-15(21-14)10-20(2,3)11-16(18)23-24/h5-6,8-9,22,24H,4,7,10-11H2,1-3H3. The van der Waals surface area contributed by atoms with E-state index in [0.717, 1.165) is 59.4 Å². The highest BCUT2D eigenvalue weighted by molar-refractivity contribution is 6.21. The van der Waals surface area contributed by atoms with Crippen LogP contribution in [0.4, 0.5) is 0 Å². The Balaban J connectivity index is 2.15. The zero-order chi connectivity index (χ0) is 16.9. The van der Waals surface area contributed by atoms with Crippen LogP contribution in [0.5, 0.6) is 0 Å². The molecule has 0 amide bonds. The molecule has 0 radical (unpaired) electrons. The minimum absolute atomic E-state index is 0.0604. The molecule has 0 bridgehead atoms. The summed E-state index contributed by atoms with van der Waals surface area (Å²) >= 11 is 0. The van der Waals surface area contributed by atoms with Gasteiger partial charge in [-0.25, -0.2) is 0 Å². The molecule has 0 fully saturated rings. The predicted molar refractivity (Wildman–Crippen MR) is 98.0 cm³/mol. The molecule has 0 saturated heterocycles. The van der Waals surface area contributed by atoms with Crippen molar-refractivity contribution in [3.8, 4) is 0 Å². The highest BCUT2D eigenvalue weighted by Crippen LogP contribution is 2.40. The molecular weight excluding hydrogens is 298 g/mol. The van der Waals surface area contributed by atoms with Crippen molar-refractivity contribution in [2.45, 2.75) is 46.5 Å². The molecule has 0 spiro atoms. The summed E-state index contributed by atoms with van der Waals surface area (Å²) < 4.78 is 0. The van der Waals surface area contributed by atoms with Gasteiger partial charge in [0.2, 0.25) is 0 Å². The summed E-state index contributed by atoms with van der Waals surface area (Å²) in [5.74, 6) is 0. The molecule has 0 unspecified atom stereocenters. The molecule has 3 aromatic rings. The van der Waals surface area contributed by atoms with Crippen molar-refractivity contribution in [2.24, 2.45) is 10.6 Å². The summed E-state index contributed by atoms with van der Waals surface area (Å²) in [6, 6.07) is 8.34. The summed E-state index contributed by atoms with van der Waals surface area (Å²) in [4.78, 5) is 8.54. The molecule has 1 aromatic carbocycles. The number of fused-ring (bicyclic) bond motifs is 5. The Labute approximate surface area is 141 Å². The van der Waals surface area contributed by atoms with Crippen molar-refractivity contribution in [1.29, 1.82) is 0 Å². The Hall–Kier alpha value is -2.36. The zero-order valence-corrected chi connectivity index (χ0v) is 14.5. The summed E-state index contributed by atoms with van der Waals surface area (Å²) in [7, 11) is 0. The average molecular weight is 321 g/mol. The first-order valence-electron chi connectivity index (χ1n) is 8.67. The monoisotopic (exact) mass is 321 g/mol. The van der Waals surface area contributed by atoms with Gasteiger partial charge in [0.1, 0.15) is 0 Å². The highest BCUT2D eigenvalue weighted by atomic mass is 16.4. The van der Waals surface area contributed by atoms with Crippen LogP contribution in [0.3, 0.4) is 0 Å². The van der Waals surface area contributed by atoms with E-state index in [2.05, 4.69) is 49.1 Å². The van der Waals surface area contributed by atoms with Crippen molar-refractivity contribution in [3.63, 3.8) is 0 Å². The first-order chi connectivity index (χ1) is 11.5. The Bertz CT molecular complexity index is 966. The molecular formula is C20H23N3O. The summed E-state index contributed by atoms with van der Waals surface area (Å²) in [6.07, 6.45) is 3.68. The van der Waals surface area contributed by atoms with Crippen molar-refractivity contribution in [2.75, 3.05) is 0 Å². The number of oxime groups is 1. The van der Waals surface area contributed by atoms with Crippen LogP contribution in [0.25, 0.3) is 21.8 Å². The Morgan fingerprint density at radius 3 is 2.79 bits per heavy atom. The molecule has 4 nitrogen and oxygen atoms in total. The van der Waals surface area contributed by atoms with Crippen LogP contribution in [-0.4, -0.2) is 20.9 Å². The average Bonchev–Trinajstić information content (AvgIpc) is 2.93. The number of H-pyrrole nitrogens is 1. The fourth-order valence-electron chi connectivity index (χ4n) is 4.04. The first kappa shape index (κ1) is 15.2. The second-order valence-electron chi connectivity index (χ2n) is 7.62. The molecule has 4 heteroatoms. The van der Waals surface area contributed by atoms with E-state index in [4.69, 9.17) is 4.98 Å². The lowest BCUT2D eigenvalue weighted by molar-refractivity contribution is 0.306. The Morgan fingerprint density at radius 2 is 2.04 bits per heavy atom. The molecule has 124 valence electrons.